The number of imide groups is 1. The Kier molecular flexibility index (Phi) is 4.13. The predicted molar refractivity (Wildman–Crippen MR) is 103 cm³/mol. The van der Waals surface area contributed by atoms with E-state index in [1.54, 1.807) is 0 Å². The highest BCUT2D eigenvalue weighted by molar-refractivity contribution is 6.67. The number of allylic oxidation sites excluding steroid dienone is 2. The average Bonchev–Trinajstić information content (AvgIpc) is 2.99. The van der Waals surface area contributed by atoms with Crippen molar-refractivity contribution in [1.29, 1.82) is 0 Å². The Labute approximate surface area is 182 Å². The molecule has 0 radical (unpaired) electrons. The molecule has 142 valence electrons. The summed E-state index contributed by atoms with van der Waals surface area (Å²) in [7, 11) is 0. The van der Waals surface area contributed by atoms with E-state index >= 15 is 0 Å². The van der Waals surface area contributed by atoms with Gasteiger partial charge < -0.3 is 5.11 Å². The second kappa shape index (κ2) is 5.68. The number of halogens is 6. The molecular formula is C16H7Cl6NO4. The molecule has 1 aromatic rings. The lowest BCUT2D eigenvalue weighted by Crippen LogP contribution is -2.50. The van der Waals surface area contributed by atoms with Crippen molar-refractivity contribution in [3.8, 4) is 0 Å². The maximum absolute atomic E-state index is 13.1. The minimum Gasteiger partial charge on any atom is -0.478 e. The molecule has 4 atom stereocenters. The van der Waals surface area contributed by atoms with Gasteiger partial charge in [-0.2, -0.15) is 0 Å². The fourth-order valence-electron chi connectivity index (χ4n) is 4.03. The van der Waals surface area contributed by atoms with Gasteiger partial charge in [0.15, 0.2) is 4.33 Å². The van der Waals surface area contributed by atoms with E-state index in [-0.39, 0.29) is 21.3 Å². The van der Waals surface area contributed by atoms with Crippen LogP contribution in [0.25, 0.3) is 0 Å². The van der Waals surface area contributed by atoms with Gasteiger partial charge in [0.2, 0.25) is 11.8 Å². The Morgan fingerprint density at radius 1 is 0.963 bits per heavy atom. The van der Waals surface area contributed by atoms with Crippen LogP contribution >= 0.6 is 69.6 Å². The molecule has 1 saturated heterocycles. The van der Waals surface area contributed by atoms with E-state index < -0.39 is 43.7 Å². The van der Waals surface area contributed by atoms with Crippen LogP contribution < -0.4 is 4.90 Å². The molecule has 0 aromatic heterocycles. The van der Waals surface area contributed by atoms with E-state index in [1.165, 1.54) is 24.3 Å². The molecule has 1 N–H and O–H groups in total. The third-order valence-corrected chi connectivity index (χ3v) is 9.52. The molecule has 2 aliphatic carbocycles. The van der Waals surface area contributed by atoms with Gasteiger partial charge in [-0.05, 0) is 18.2 Å². The number of alkyl halides is 4. The second-order valence-electron chi connectivity index (χ2n) is 6.45. The highest BCUT2D eigenvalue weighted by atomic mass is 35.5. The average molecular weight is 490 g/mol. The van der Waals surface area contributed by atoms with Crippen molar-refractivity contribution >= 4 is 93.1 Å². The van der Waals surface area contributed by atoms with Gasteiger partial charge in [-0.3, -0.25) is 9.59 Å². The standard InChI is InChI=1S/C16H7Cl6NO4/c17-9-10(18)15(20)8-7(14(9,19)16(15,21)22)11(24)23(12(8)25)6-3-1-2-5(4-6)13(26)27/h1-4,7-8H,(H,26,27)/t7-,8+,14-,15-/m1/s1. The molecule has 27 heavy (non-hydrogen) atoms. The number of anilines is 1. The molecule has 1 heterocycles. The van der Waals surface area contributed by atoms with E-state index in [1.807, 2.05) is 0 Å². The lowest BCUT2D eigenvalue weighted by atomic mass is 9.84. The number of rotatable bonds is 2. The third kappa shape index (κ3) is 1.98. The lowest BCUT2D eigenvalue weighted by molar-refractivity contribution is -0.123. The molecule has 2 fully saturated rings. The summed E-state index contributed by atoms with van der Waals surface area (Å²) < 4.78 is -2.01. The van der Waals surface area contributed by atoms with Crippen molar-refractivity contribution in [1.82, 2.24) is 0 Å². The maximum atomic E-state index is 13.1. The number of nitrogens with zero attached hydrogens (tertiary/aromatic N) is 1. The van der Waals surface area contributed by atoms with E-state index in [9.17, 15) is 14.4 Å². The topological polar surface area (TPSA) is 74.7 Å². The van der Waals surface area contributed by atoms with Crippen LogP contribution in [-0.2, 0) is 9.59 Å². The van der Waals surface area contributed by atoms with Crippen LogP contribution in [0, 0.1) is 11.8 Å². The Morgan fingerprint density at radius 2 is 1.44 bits per heavy atom. The summed E-state index contributed by atoms with van der Waals surface area (Å²) in [5.41, 5.74) is -0.0475. The number of carbonyl (C=O) groups excluding carboxylic acids is 2. The second-order valence-corrected chi connectivity index (χ2v) is 9.72. The summed E-state index contributed by atoms with van der Waals surface area (Å²) in [6, 6.07) is 5.33. The third-order valence-electron chi connectivity index (χ3n) is 5.26. The van der Waals surface area contributed by atoms with E-state index in [2.05, 4.69) is 0 Å². The first kappa shape index (κ1) is 19.6. The Balaban J connectivity index is 1.89. The van der Waals surface area contributed by atoms with Gasteiger partial charge in [-0.25, -0.2) is 9.69 Å². The largest absolute Gasteiger partial charge is 0.478 e. The zero-order chi connectivity index (χ0) is 20.1. The van der Waals surface area contributed by atoms with Crippen molar-refractivity contribution in [3.05, 3.63) is 39.9 Å². The van der Waals surface area contributed by atoms with Gasteiger partial charge >= 0.3 is 5.97 Å². The smallest absolute Gasteiger partial charge is 0.335 e. The fourth-order valence-corrected chi connectivity index (χ4v) is 6.96. The molecule has 0 unspecified atom stereocenters. The summed E-state index contributed by atoms with van der Waals surface area (Å²) in [5.74, 6) is -5.21. The molecule has 5 nitrogen and oxygen atoms in total. The maximum Gasteiger partial charge on any atom is 0.335 e. The van der Waals surface area contributed by atoms with Crippen molar-refractivity contribution in [2.75, 3.05) is 4.90 Å². The Morgan fingerprint density at radius 3 is 1.89 bits per heavy atom. The quantitative estimate of drug-likeness (QED) is 0.495. The van der Waals surface area contributed by atoms with Crippen LogP contribution in [0.1, 0.15) is 10.4 Å². The first-order chi connectivity index (χ1) is 12.4. The van der Waals surface area contributed by atoms with E-state index in [4.69, 9.17) is 74.7 Å². The van der Waals surface area contributed by atoms with Crippen LogP contribution in [0.2, 0.25) is 0 Å². The Hall–Kier alpha value is -0.690. The minimum absolute atomic E-state index is 0.0567. The van der Waals surface area contributed by atoms with Gasteiger partial charge in [0.05, 0.1) is 33.2 Å². The van der Waals surface area contributed by atoms with Crippen LogP contribution in [0.4, 0.5) is 5.69 Å². The SMILES string of the molecule is O=C(O)c1cccc(N2C(=O)[C@@H]3[C@H](C2=O)[C@@]2(Cl)C(Cl)=C(Cl)[C@@]3(Cl)C2(Cl)Cl)c1. The molecule has 11 heteroatoms. The molecule has 3 aliphatic rings. The predicted octanol–water partition coefficient (Wildman–Crippen LogP) is 4.34. The van der Waals surface area contributed by atoms with Crippen LogP contribution in [0.3, 0.4) is 0 Å². The van der Waals surface area contributed by atoms with Crippen LogP contribution in [0.5, 0.6) is 0 Å². The summed E-state index contributed by atoms with van der Waals surface area (Å²) >= 11 is 38.4. The molecular weight excluding hydrogens is 483 g/mol. The fraction of sp³-hybridized carbons (Fsp3) is 0.312. The van der Waals surface area contributed by atoms with Crippen molar-refractivity contribution in [2.45, 2.75) is 14.1 Å². The van der Waals surface area contributed by atoms with Gasteiger partial charge in [-0.15, -0.1) is 23.2 Å². The van der Waals surface area contributed by atoms with E-state index in [0.717, 1.165) is 4.90 Å². The first-order valence-corrected chi connectivity index (χ1v) is 9.72. The van der Waals surface area contributed by atoms with Gasteiger partial charge in [0, 0.05) is 0 Å². The number of hydrogen-bond acceptors (Lipinski definition) is 3. The van der Waals surface area contributed by atoms with E-state index in [0.29, 0.717) is 0 Å². The summed E-state index contributed by atoms with van der Waals surface area (Å²) in [6.07, 6.45) is 0. The van der Waals surface area contributed by atoms with Crippen molar-refractivity contribution in [2.24, 2.45) is 11.8 Å². The molecule has 1 saturated carbocycles. The molecule has 0 spiro atoms. The van der Waals surface area contributed by atoms with Crippen LogP contribution in [0.15, 0.2) is 34.3 Å². The number of benzene rings is 1. The minimum atomic E-state index is -2.01. The summed E-state index contributed by atoms with van der Waals surface area (Å²) in [6.45, 7) is 0. The number of amides is 2. The Bertz CT molecular complexity index is 931. The number of carboxylic acids is 1. The molecule has 1 aromatic carbocycles. The van der Waals surface area contributed by atoms with Crippen molar-refractivity contribution in [3.63, 3.8) is 0 Å². The highest BCUT2D eigenvalue weighted by Crippen LogP contribution is 2.77. The number of hydrogen-bond donors (Lipinski definition) is 1. The normalized spacial score (nSPS) is 36.6. The number of carbonyl (C=O) groups is 3. The molecule has 2 bridgehead atoms. The molecule has 2 amide bonds. The van der Waals surface area contributed by atoms with Gasteiger partial charge in [0.25, 0.3) is 0 Å². The van der Waals surface area contributed by atoms with Gasteiger partial charge in [-0.1, -0.05) is 52.5 Å². The summed E-state index contributed by atoms with van der Waals surface area (Å²) in [4.78, 5) is 34.5. The highest BCUT2D eigenvalue weighted by Gasteiger charge is 2.87. The molecule has 1 aliphatic heterocycles. The zero-order valence-corrected chi connectivity index (χ0v) is 17.4. The zero-order valence-electron chi connectivity index (χ0n) is 12.9. The number of aromatic carboxylic acids is 1. The number of fused-ring (bicyclic) bond motifs is 5. The first-order valence-electron chi connectivity index (χ1n) is 7.45. The number of carboxylic acid groups (broad SMARTS) is 1. The summed E-state index contributed by atoms with van der Waals surface area (Å²) in [5, 5.41) is 8.78. The monoisotopic (exact) mass is 487 g/mol. The molecule has 4 rings (SSSR count). The van der Waals surface area contributed by atoms with Gasteiger partial charge in [0.1, 0.15) is 9.75 Å². The van der Waals surface area contributed by atoms with Crippen molar-refractivity contribution < 1.29 is 19.5 Å². The van der Waals surface area contributed by atoms with Crippen LogP contribution in [-0.4, -0.2) is 37.0 Å². The lowest BCUT2D eigenvalue weighted by Gasteiger charge is -2.34.